The fraction of sp³-hybridized carbons (Fsp3) is 0.706. The van der Waals surface area contributed by atoms with Crippen LogP contribution in [0, 0.1) is 0 Å². The van der Waals surface area contributed by atoms with Gasteiger partial charge < -0.3 is 10.2 Å². The quantitative estimate of drug-likeness (QED) is 0.922. The van der Waals surface area contributed by atoms with Crippen LogP contribution in [0.25, 0.3) is 0 Å². The maximum atomic E-state index is 4.74. The molecule has 1 N–H and O–H groups in total. The molecule has 0 unspecified atom stereocenters. The van der Waals surface area contributed by atoms with Gasteiger partial charge in [-0.25, -0.2) is 4.98 Å². The van der Waals surface area contributed by atoms with Crippen molar-refractivity contribution in [3.05, 3.63) is 23.9 Å². The molecule has 4 heteroatoms. The first-order valence-corrected chi connectivity index (χ1v) is 8.55. The average Bonchev–Trinajstić information content (AvgIpc) is 2.57. The zero-order valence-electron chi connectivity index (χ0n) is 13.2. The third-order valence-electron chi connectivity index (χ3n) is 4.72. The number of hydrogen-bond donors (Lipinski definition) is 1. The van der Waals surface area contributed by atoms with E-state index >= 15 is 0 Å². The van der Waals surface area contributed by atoms with Gasteiger partial charge in [-0.1, -0.05) is 19.4 Å². The Balaban J connectivity index is 1.85. The van der Waals surface area contributed by atoms with Crippen LogP contribution in [0.15, 0.2) is 18.3 Å². The summed E-state index contributed by atoms with van der Waals surface area (Å²) in [4.78, 5) is 9.88. The Bertz CT molecular complexity index is 440. The molecule has 3 heterocycles. The topological polar surface area (TPSA) is 31.4 Å². The van der Waals surface area contributed by atoms with Gasteiger partial charge in [0, 0.05) is 44.0 Å². The molecule has 0 spiro atoms. The summed E-state index contributed by atoms with van der Waals surface area (Å²) in [6, 6.07) is 4.99. The van der Waals surface area contributed by atoms with Gasteiger partial charge in [0.05, 0.1) is 0 Å². The van der Waals surface area contributed by atoms with Gasteiger partial charge in [0.25, 0.3) is 0 Å². The highest BCUT2D eigenvalue weighted by Gasteiger charge is 2.27. The van der Waals surface area contributed by atoms with Gasteiger partial charge in [-0.05, 0) is 38.4 Å². The Morgan fingerprint density at radius 3 is 2.90 bits per heavy atom. The van der Waals surface area contributed by atoms with Crippen molar-refractivity contribution < 1.29 is 0 Å². The molecular formula is C17H28N4. The van der Waals surface area contributed by atoms with Gasteiger partial charge in [0.1, 0.15) is 5.82 Å². The second-order valence-corrected chi connectivity index (χ2v) is 6.20. The van der Waals surface area contributed by atoms with Crippen LogP contribution in [0.1, 0.15) is 44.2 Å². The number of aromatic nitrogens is 1. The Kier molecular flexibility index (Phi) is 5.09. The normalized spacial score (nSPS) is 24.2. The van der Waals surface area contributed by atoms with Crippen molar-refractivity contribution in [1.29, 1.82) is 0 Å². The fourth-order valence-electron chi connectivity index (χ4n) is 3.71. The lowest BCUT2D eigenvalue weighted by Crippen LogP contribution is -2.45. The van der Waals surface area contributed by atoms with E-state index in [2.05, 4.69) is 34.2 Å². The van der Waals surface area contributed by atoms with Crippen LogP contribution in [0.4, 0.5) is 5.82 Å². The number of hydrogen-bond acceptors (Lipinski definition) is 4. The minimum atomic E-state index is 0.567. The highest BCUT2D eigenvalue weighted by Crippen LogP contribution is 2.35. The summed E-state index contributed by atoms with van der Waals surface area (Å²) in [5.41, 5.74) is 1.45. The molecule has 1 aromatic heterocycles. The largest absolute Gasteiger partial charge is 0.354 e. The van der Waals surface area contributed by atoms with Crippen LogP contribution in [0.2, 0.25) is 0 Å². The second-order valence-electron chi connectivity index (χ2n) is 6.20. The van der Waals surface area contributed by atoms with Crippen molar-refractivity contribution in [2.45, 2.75) is 38.6 Å². The molecule has 0 radical (unpaired) electrons. The smallest absolute Gasteiger partial charge is 0.133 e. The SMILES string of the molecule is CCCN1CCCC[C@H]1c1cccnc1N1CCNCC1. The first kappa shape index (κ1) is 14.8. The molecule has 2 fully saturated rings. The van der Waals surface area contributed by atoms with E-state index in [1.54, 1.807) is 0 Å². The van der Waals surface area contributed by atoms with Gasteiger partial charge in [-0.2, -0.15) is 0 Å². The van der Waals surface area contributed by atoms with Gasteiger partial charge in [0.2, 0.25) is 0 Å². The number of nitrogens with one attached hydrogen (secondary N) is 1. The standard InChI is InChI=1S/C17H28N4/c1-2-11-20-12-4-3-7-16(20)15-6-5-8-19-17(15)21-13-9-18-10-14-21/h5-6,8,16,18H,2-4,7,9-14H2,1H3/t16-/m0/s1. The zero-order chi connectivity index (χ0) is 14.5. The molecule has 0 amide bonds. The van der Waals surface area contributed by atoms with Crippen molar-refractivity contribution in [2.24, 2.45) is 0 Å². The molecule has 2 aliphatic heterocycles. The maximum absolute atomic E-state index is 4.74. The summed E-state index contributed by atoms with van der Waals surface area (Å²) in [5.74, 6) is 1.23. The molecule has 0 aliphatic carbocycles. The predicted octanol–water partition coefficient (Wildman–Crippen LogP) is 2.43. The Morgan fingerprint density at radius 1 is 1.24 bits per heavy atom. The molecule has 2 saturated heterocycles. The van der Waals surface area contributed by atoms with E-state index in [1.807, 2.05) is 6.20 Å². The summed E-state index contributed by atoms with van der Waals surface area (Å²) in [6.07, 6.45) is 7.17. The van der Waals surface area contributed by atoms with Crippen molar-refractivity contribution in [2.75, 3.05) is 44.2 Å². The molecule has 2 aliphatic rings. The summed E-state index contributed by atoms with van der Waals surface area (Å²) in [6.45, 7) is 9.02. The van der Waals surface area contributed by atoms with Gasteiger partial charge in [0.15, 0.2) is 0 Å². The number of pyridine rings is 1. The highest BCUT2D eigenvalue weighted by molar-refractivity contribution is 5.49. The van der Waals surface area contributed by atoms with E-state index in [4.69, 9.17) is 4.98 Å². The molecule has 0 aromatic carbocycles. The summed E-state index contributed by atoms with van der Waals surface area (Å²) in [5, 5.41) is 3.43. The van der Waals surface area contributed by atoms with Crippen LogP contribution >= 0.6 is 0 Å². The Hall–Kier alpha value is -1.13. The number of anilines is 1. The second kappa shape index (κ2) is 7.23. The van der Waals surface area contributed by atoms with E-state index in [0.29, 0.717) is 6.04 Å². The molecule has 4 nitrogen and oxygen atoms in total. The van der Waals surface area contributed by atoms with Gasteiger partial charge >= 0.3 is 0 Å². The lowest BCUT2D eigenvalue weighted by atomic mass is 9.95. The molecular weight excluding hydrogens is 260 g/mol. The van der Waals surface area contributed by atoms with Crippen molar-refractivity contribution in [3.63, 3.8) is 0 Å². The summed E-state index contributed by atoms with van der Waals surface area (Å²) in [7, 11) is 0. The first-order chi connectivity index (χ1) is 10.4. The van der Waals surface area contributed by atoms with Crippen LogP contribution in [0.5, 0.6) is 0 Å². The number of rotatable bonds is 4. The number of piperazine rings is 1. The van der Waals surface area contributed by atoms with Crippen LogP contribution in [0.3, 0.4) is 0 Å². The van der Waals surface area contributed by atoms with Crippen molar-refractivity contribution >= 4 is 5.82 Å². The maximum Gasteiger partial charge on any atom is 0.133 e. The molecule has 0 bridgehead atoms. The third-order valence-corrected chi connectivity index (χ3v) is 4.72. The highest BCUT2D eigenvalue weighted by atomic mass is 15.2. The molecule has 0 saturated carbocycles. The average molecular weight is 288 g/mol. The fourth-order valence-corrected chi connectivity index (χ4v) is 3.71. The van der Waals surface area contributed by atoms with E-state index in [1.165, 1.54) is 50.2 Å². The van der Waals surface area contributed by atoms with E-state index in [-0.39, 0.29) is 0 Å². The molecule has 1 atom stereocenters. The lowest BCUT2D eigenvalue weighted by molar-refractivity contribution is 0.149. The van der Waals surface area contributed by atoms with Gasteiger partial charge in [-0.15, -0.1) is 0 Å². The Morgan fingerprint density at radius 2 is 2.10 bits per heavy atom. The summed E-state index contributed by atoms with van der Waals surface area (Å²) >= 11 is 0. The van der Waals surface area contributed by atoms with Gasteiger partial charge in [-0.3, -0.25) is 4.90 Å². The monoisotopic (exact) mass is 288 g/mol. The van der Waals surface area contributed by atoms with Crippen molar-refractivity contribution in [1.82, 2.24) is 15.2 Å². The Labute approximate surface area is 128 Å². The number of likely N-dealkylation sites (tertiary alicyclic amines) is 1. The minimum Gasteiger partial charge on any atom is -0.354 e. The molecule has 116 valence electrons. The van der Waals surface area contributed by atoms with Crippen LogP contribution in [-0.2, 0) is 0 Å². The van der Waals surface area contributed by atoms with Crippen LogP contribution < -0.4 is 10.2 Å². The first-order valence-electron chi connectivity index (χ1n) is 8.55. The minimum absolute atomic E-state index is 0.567. The number of nitrogens with zero attached hydrogens (tertiary/aromatic N) is 3. The van der Waals surface area contributed by atoms with Crippen LogP contribution in [-0.4, -0.2) is 49.2 Å². The van der Waals surface area contributed by atoms with Crippen molar-refractivity contribution in [3.8, 4) is 0 Å². The zero-order valence-corrected chi connectivity index (χ0v) is 13.2. The lowest BCUT2D eigenvalue weighted by Gasteiger charge is -2.38. The third kappa shape index (κ3) is 3.38. The molecule has 3 rings (SSSR count). The van der Waals surface area contributed by atoms with E-state index < -0.39 is 0 Å². The van der Waals surface area contributed by atoms with E-state index in [0.717, 1.165) is 26.2 Å². The summed E-state index contributed by atoms with van der Waals surface area (Å²) < 4.78 is 0. The number of piperidine rings is 1. The van der Waals surface area contributed by atoms with E-state index in [9.17, 15) is 0 Å². The predicted molar refractivity (Wildman–Crippen MR) is 87.8 cm³/mol. The molecule has 1 aromatic rings. The molecule has 21 heavy (non-hydrogen) atoms.